The molecule has 2 unspecified atom stereocenters. The van der Waals surface area contributed by atoms with Gasteiger partial charge in [0.2, 0.25) is 0 Å². The fourth-order valence-electron chi connectivity index (χ4n) is 2.34. The van der Waals surface area contributed by atoms with E-state index in [1.807, 2.05) is 6.07 Å². The highest BCUT2D eigenvalue weighted by molar-refractivity contribution is 6.35. The van der Waals surface area contributed by atoms with Crippen molar-refractivity contribution in [1.82, 2.24) is 0 Å². The van der Waals surface area contributed by atoms with Crippen molar-refractivity contribution in [3.05, 3.63) is 34.9 Å². The van der Waals surface area contributed by atoms with E-state index in [1.165, 1.54) is 0 Å². The standard InChI is InChI=1S/C16H15ClN2O3/c1-2-22-16(21)14-8-7-13(19-14)11(9-18)15(20)10-5-3-4-6-12(10)17/h3-6,11,14H,2,7-8H2,1H3. The molecular formula is C16H15ClN2O3. The highest BCUT2D eigenvalue weighted by atomic mass is 35.5. The number of Topliss-reactive ketones (excluding diaryl/α,β-unsaturated/α-hetero) is 1. The van der Waals surface area contributed by atoms with Gasteiger partial charge in [-0.1, -0.05) is 23.7 Å². The number of esters is 1. The van der Waals surface area contributed by atoms with Crippen LogP contribution in [0, 0.1) is 17.2 Å². The molecule has 5 nitrogen and oxygen atoms in total. The van der Waals surface area contributed by atoms with Gasteiger partial charge in [-0.25, -0.2) is 4.79 Å². The van der Waals surface area contributed by atoms with E-state index in [-0.39, 0.29) is 12.2 Å². The first kappa shape index (κ1) is 16.2. The largest absolute Gasteiger partial charge is 0.464 e. The Morgan fingerprint density at radius 1 is 1.50 bits per heavy atom. The summed E-state index contributed by atoms with van der Waals surface area (Å²) in [5.41, 5.74) is 0.712. The molecule has 0 fully saturated rings. The Labute approximate surface area is 133 Å². The number of benzene rings is 1. The Bertz CT molecular complexity index is 664. The second-order valence-corrected chi connectivity index (χ2v) is 5.24. The minimum absolute atomic E-state index is 0.278. The zero-order chi connectivity index (χ0) is 16.1. The molecule has 1 heterocycles. The van der Waals surface area contributed by atoms with Gasteiger partial charge < -0.3 is 4.74 Å². The molecule has 0 saturated carbocycles. The van der Waals surface area contributed by atoms with Crippen molar-refractivity contribution in [2.75, 3.05) is 6.61 Å². The van der Waals surface area contributed by atoms with Crippen LogP contribution in [0.1, 0.15) is 30.1 Å². The zero-order valence-electron chi connectivity index (χ0n) is 12.1. The molecule has 1 aliphatic heterocycles. The van der Waals surface area contributed by atoms with E-state index in [4.69, 9.17) is 16.3 Å². The second kappa shape index (κ2) is 7.19. The monoisotopic (exact) mass is 318 g/mol. The molecule has 22 heavy (non-hydrogen) atoms. The van der Waals surface area contributed by atoms with E-state index in [9.17, 15) is 14.9 Å². The SMILES string of the molecule is CCOC(=O)C1CCC(C(C#N)C(=O)c2ccccc2Cl)=N1. The molecule has 0 saturated heterocycles. The Balaban J connectivity index is 2.21. The zero-order valence-corrected chi connectivity index (χ0v) is 12.8. The third-order valence-corrected chi connectivity index (χ3v) is 3.75. The summed E-state index contributed by atoms with van der Waals surface area (Å²) in [4.78, 5) is 28.4. The number of carbonyl (C=O) groups is 2. The van der Waals surface area contributed by atoms with Crippen LogP contribution in [-0.4, -0.2) is 30.1 Å². The number of rotatable bonds is 5. The van der Waals surface area contributed by atoms with Gasteiger partial charge in [-0.05, 0) is 31.9 Å². The molecule has 0 aliphatic carbocycles. The van der Waals surface area contributed by atoms with Crippen molar-refractivity contribution in [2.45, 2.75) is 25.8 Å². The summed E-state index contributed by atoms with van der Waals surface area (Å²) >= 11 is 6.00. The maximum absolute atomic E-state index is 12.5. The molecule has 0 bridgehead atoms. The number of halogens is 1. The number of hydrogen-bond acceptors (Lipinski definition) is 5. The average molecular weight is 319 g/mol. The van der Waals surface area contributed by atoms with E-state index in [1.54, 1.807) is 31.2 Å². The summed E-state index contributed by atoms with van der Waals surface area (Å²) in [5.74, 6) is -1.82. The normalized spacial score (nSPS) is 18.2. The molecule has 0 aromatic heterocycles. The van der Waals surface area contributed by atoms with E-state index in [2.05, 4.69) is 4.99 Å². The Kier molecular flexibility index (Phi) is 5.29. The van der Waals surface area contributed by atoms with Crippen molar-refractivity contribution >= 4 is 29.1 Å². The Hall–Kier alpha value is -2.19. The molecule has 6 heteroatoms. The third-order valence-electron chi connectivity index (χ3n) is 3.42. The number of hydrogen-bond donors (Lipinski definition) is 0. The molecule has 1 aromatic rings. The average Bonchev–Trinajstić information content (AvgIpc) is 2.98. The van der Waals surface area contributed by atoms with E-state index in [0.29, 0.717) is 23.6 Å². The molecule has 0 N–H and O–H groups in total. The number of carbonyl (C=O) groups excluding carboxylic acids is 2. The molecule has 0 amide bonds. The van der Waals surface area contributed by atoms with Gasteiger partial charge in [-0.2, -0.15) is 5.26 Å². The summed E-state index contributed by atoms with van der Waals surface area (Å²) < 4.78 is 4.92. The summed E-state index contributed by atoms with van der Waals surface area (Å²) in [5, 5.41) is 9.63. The van der Waals surface area contributed by atoms with Crippen molar-refractivity contribution in [3.8, 4) is 6.07 Å². The van der Waals surface area contributed by atoms with Crippen LogP contribution >= 0.6 is 11.6 Å². The summed E-state index contributed by atoms with van der Waals surface area (Å²) in [6.07, 6.45) is 0.889. The Morgan fingerprint density at radius 3 is 2.86 bits per heavy atom. The third kappa shape index (κ3) is 3.34. The predicted octanol–water partition coefficient (Wildman–Crippen LogP) is 2.83. The fraction of sp³-hybridized carbons (Fsp3) is 0.375. The van der Waals surface area contributed by atoms with Gasteiger partial charge in [0, 0.05) is 11.3 Å². The molecular weight excluding hydrogens is 304 g/mol. The summed E-state index contributed by atoms with van der Waals surface area (Å²) in [6, 6.07) is 7.92. The van der Waals surface area contributed by atoms with E-state index in [0.717, 1.165) is 0 Å². The van der Waals surface area contributed by atoms with Gasteiger partial charge in [0.15, 0.2) is 5.78 Å². The minimum atomic E-state index is -1.01. The van der Waals surface area contributed by atoms with Crippen LogP contribution in [0.25, 0.3) is 0 Å². The van der Waals surface area contributed by atoms with Crippen LogP contribution in [0.4, 0.5) is 0 Å². The van der Waals surface area contributed by atoms with Crippen LogP contribution in [0.3, 0.4) is 0 Å². The molecule has 2 rings (SSSR count). The highest BCUT2D eigenvalue weighted by Crippen LogP contribution is 2.24. The van der Waals surface area contributed by atoms with Crippen LogP contribution < -0.4 is 0 Å². The first-order valence-corrected chi connectivity index (χ1v) is 7.37. The molecule has 114 valence electrons. The lowest BCUT2D eigenvalue weighted by molar-refractivity contribution is -0.144. The summed E-state index contributed by atoms with van der Waals surface area (Å²) in [7, 11) is 0. The van der Waals surface area contributed by atoms with Gasteiger partial charge >= 0.3 is 5.97 Å². The summed E-state index contributed by atoms with van der Waals surface area (Å²) in [6.45, 7) is 2.00. The van der Waals surface area contributed by atoms with Crippen LogP contribution in [0.5, 0.6) is 0 Å². The second-order valence-electron chi connectivity index (χ2n) is 4.83. The smallest absolute Gasteiger partial charge is 0.330 e. The van der Waals surface area contributed by atoms with Crippen LogP contribution in [0.2, 0.25) is 5.02 Å². The molecule has 1 aromatic carbocycles. The maximum atomic E-state index is 12.5. The van der Waals surface area contributed by atoms with Crippen LogP contribution in [-0.2, 0) is 9.53 Å². The minimum Gasteiger partial charge on any atom is -0.464 e. The molecule has 0 spiro atoms. The van der Waals surface area contributed by atoms with Gasteiger partial charge in [0.1, 0.15) is 12.0 Å². The Morgan fingerprint density at radius 2 is 2.23 bits per heavy atom. The maximum Gasteiger partial charge on any atom is 0.330 e. The number of ketones is 1. The van der Waals surface area contributed by atoms with Crippen molar-refractivity contribution < 1.29 is 14.3 Å². The van der Waals surface area contributed by atoms with E-state index < -0.39 is 23.7 Å². The van der Waals surface area contributed by atoms with Gasteiger partial charge in [-0.15, -0.1) is 0 Å². The van der Waals surface area contributed by atoms with Gasteiger partial charge in [-0.3, -0.25) is 9.79 Å². The van der Waals surface area contributed by atoms with Crippen molar-refractivity contribution in [1.29, 1.82) is 5.26 Å². The lowest BCUT2D eigenvalue weighted by Gasteiger charge is -2.09. The van der Waals surface area contributed by atoms with Crippen molar-refractivity contribution in [3.63, 3.8) is 0 Å². The van der Waals surface area contributed by atoms with E-state index >= 15 is 0 Å². The van der Waals surface area contributed by atoms with Crippen LogP contribution in [0.15, 0.2) is 29.3 Å². The number of nitrogens with zero attached hydrogens (tertiary/aromatic N) is 2. The fourth-order valence-corrected chi connectivity index (χ4v) is 2.57. The quantitative estimate of drug-likeness (QED) is 0.617. The van der Waals surface area contributed by atoms with Gasteiger partial charge in [0.25, 0.3) is 0 Å². The predicted molar refractivity (Wildman–Crippen MR) is 82.0 cm³/mol. The van der Waals surface area contributed by atoms with Crippen molar-refractivity contribution in [2.24, 2.45) is 10.9 Å². The number of aliphatic imine (C=N–C) groups is 1. The lowest BCUT2D eigenvalue weighted by Crippen LogP contribution is -2.22. The number of nitriles is 1. The molecule has 0 radical (unpaired) electrons. The first-order chi connectivity index (χ1) is 10.6. The first-order valence-electron chi connectivity index (χ1n) is 7.00. The highest BCUT2D eigenvalue weighted by Gasteiger charge is 2.33. The topological polar surface area (TPSA) is 79.5 Å². The molecule has 1 aliphatic rings. The lowest BCUT2D eigenvalue weighted by atomic mass is 9.93. The number of ether oxygens (including phenoxy) is 1. The molecule has 2 atom stereocenters. The van der Waals surface area contributed by atoms with Gasteiger partial charge in [0.05, 0.1) is 17.7 Å².